The Morgan fingerprint density at radius 3 is 2.81 bits per heavy atom. The molecule has 4 heteroatoms. The van der Waals surface area contributed by atoms with Crippen molar-refractivity contribution in [3.8, 4) is 5.75 Å². The zero-order valence-corrected chi connectivity index (χ0v) is 12.7. The Morgan fingerprint density at radius 2 is 1.95 bits per heavy atom. The van der Waals surface area contributed by atoms with E-state index in [1.807, 2.05) is 42.5 Å². The molecule has 0 atom stereocenters. The fourth-order valence-corrected chi connectivity index (χ4v) is 2.39. The van der Waals surface area contributed by atoms with E-state index in [2.05, 4.69) is 20.9 Å². The van der Waals surface area contributed by atoms with E-state index in [4.69, 9.17) is 4.74 Å². The van der Waals surface area contributed by atoms with E-state index >= 15 is 0 Å². The number of hydrogen-bond donors (Lipinski definition) is 0. The number of carbonyl (C=O) groups excluding carboxylic acids is 1. The Labute approximate surface area is 130 Å². The number of halogens is 1. The highest BCUT2D eigenvalue weighted by atomic mass is 79.9. The number of aldehydes is 1. The third kappa shape index (κ3) is 3.11. The minimum absolute atomic E-state index is 0.366. The first-order valence-corrected chi connectivity index (χ1v) is 7.28. The lowest BCUT2D eigenvalue weighted by molar-refractivity contribution is 0.112. The summed E-state index contributed by atoms with van der Waals surface area (Å²) < 4.78 is 6.45. The van der Waals surface area contributed by atoms with E-state index in [9.17, 15) is 4.79 Å². The molecule has 0 fully saturated rings. The molecule has 0 spiro atoms. The van der Waals surface area contributed by atoms with E-state index in [1.54, 1.807) is 12.1 Å². The largest absolute Gasteiger partial charge is 0.487 e. The molecule has 0 saturated carbocycles. The molecule has 0 unspecified atom stereocenters. The normalized spacial score (nSPS) is 10.5. The highest BCUT2D eigenvalue weighted by molar-refractivity contribution is 9.10. The van der Waals surface area contributed by atoms with Crippen molar-refractivity contribution in [1.29, 1.82) is 0 Å². The van der Waals surface area contributed by atoms with Gasteiger partial charge in [-0.2, -0.15) is 0 Å². The van der Waals surface area contributed by atoms with Crippen LogP contribution in [-0.4, -0.2) is 11.3 Å². The van der Waals surface area contributed by atoms with E-state index in [0.29, 0.717) is 17.9 Å². The topological polar surface area (TPSA) is 39.2 Å². The Morgan fingerprint density at radius 1 is 1.10 bits per heavy atom. The number of para-hydroxylation sites is 1. The quantitative estimate of drug-likeness (QED) is 0.660. The zero-order valence-electron chi connectivity index (χ0n) is 11.1. The Hall–Kier alpha value is -2.20. The average Bonchev–Trinajstić information content (AvgIpc) is 2.54. The van der Waals surface area contributed by atoms with Gasteiger partial charge < -0.3 is 4.74 Å². The fraction of sp³-hybridized carbons (Fsp3) is 0.0588. The van der Waals surface area contributed by atoms with Crippen LogP contribution in [0.15, 0.2) is 59.1 Å². The van der Waals surface area contributed by atoms with E-state index in [0.717, 1.165) is 27.4 Å². The standard InChI is InChI=1S/C17H12BrNO2/c18-16-8-7-15(9-13(16)10-20)21-11-14-6-5-12-3-1-2-4-17(12)19-14/h1-10H,11H2. The molecule has 1 heterocycles. The molecular weight excluding hydrogens is 330 g/mol. The molecule has 104 valence electrons. The van der Waals surface area contributed by atoms with Crippen LogP contribution in [0.4, 0.5) is 0 Å². The second-order valence-corrected chi connectivity index (χ2v) is 5.44. The van der Waals surface area contributed by atoms with E-state index in [-0.39, 0.29) is 0 Å². The van der Waals surface area contributed by atoms with Gasteiger partial charge in [-0.1, -0.05) is 40.2 Å². The number of aromatic nitrogens is 1. The summed E-state index contributed by atoms with van der Waals surface area (Å²) in [4.78, 5) is 15.4. The molecule has 1 aromatic heterocycles. The van der Waals surface area contributed by atoms with Gasteiger partial charge in [0.15, 0.2) is 6.29 Å². The molecule has 0 aliphatic carbocycles. The monoisotopic (exact) mass is 341 g/mol. The van der Waals surface area contributed by atoms with Gasteiger partial charge in [0.25, 0.3) is 0 Å². The minimum atomic E-state index is 0.366. The summed E-state index contributed by atoms with van der Waals surface area (Å²) in [6, 6.07) is 17.2. The maximum Gasteiger partial charge on any atom is 0.151 e. The van der Waals surface area contributed by atoms with Gasteiger partial charge in [0.2, 0.25) is 0 Å². The van der Waals surface area contributed by atoms with Crippen molar-refractivity contribution in [2.45, 2.75) is 6.61 Å². The Balaban J connectivity index is 1.78. The van der Waals surface area contributed by atoms with Crippen molar-refractivity contribution in [1.82, 2.24) is 4.98 Å². The summed E-state index contributed by atoms with van der Waals surface area (Å²) in [6.07, 6.45) is 0.797. The highest BCUT2D eigenvalue weighted by Gasteiger charge is 2.03. The summed E-state index contributed by atoms with van der Waals surface area (Å²) in [5.41, 5.74) is 2.37. The average molecular weight is 342 g/mol. The summed E-state index contributed by atoms with van der Waals surface area (Å²) in [7, 11) is 0. The van der Waals surface area contributed by atoms with Crippen LogP contribution < -0.4 is 4.74 Å². The minimum Gasteiger partial charge on any atom is -0.487 e. The van der Waals surface area contributed by atoms with Gasteiger partial charge in [0, 0.05) is 15.4 Å². The van der Waals surface area contributed by atoms with Crippen LogP contribution in [0.1, 0.15) is 16.1 Å². The molecule has 3 aromatic rings. The molecule has 0 bridgehead atoms. The summed E-state index contributed by atoms with van der Waals surface area (Å²) >= 11 is 3.31. The van der Waals surface area contributed by atoms with Gasteiger partial charge in [-0.25, -0.2) is 4.98 Å². The third-order valence-electron chi connectivity index (χ3n) is 3.14. The lowest BCUT2D eigenvalue weighted by Gasteiger charge is -2.08. The molecule has 0 radical (unpaired) electrons. The SMILES string of the molecule is O=Cc1cc(OCc2ccc3ccccc3n2)ccc1Br. The summed E-state index contributed by atoms with van der Waals surface area (Å²) in [6.45, 7) is 0.366. The first-order chi connectivity index (χ1) is 10.3. The predicted molar refractivity (Wildman–Crippen MR) is 85.6 cm³/mol. The van der Waals surface area contributed by atoms with Crippen molar-refractivity contribution < 1.29 is 9.53 Å². The summed E-state index contributed by atoms with van der Waals surface area (Å²) in [5.74, 6) is 0.648. The highest BCUT2D eigenvalue weighted by Crippen LogP contribution is 2.22. The number of fused-ring (bicyclic) bond motifs is 1. The summed E-state index contributed by atoms with van der Waals surface area (Å²) in [5, 5.41) is 1.10. The van der Waals surface area contributed by atoms with Gasteiger partial charge in [0.1, 0.15) is 12.4 Å². The number of carbonyl (C=O) groups is 1. The molecule has 0 saturated heterocycles. The van der Waals surface area contributed by atoms with Crippen molar-refractivity contribution in [3.63, 3.8) is 0 Å². The van der Waals surface area contributed by atoms with E-state index in [1.165, 1.54) is 0 Å². The maximum absolute atomic E-state index is 10.9. The molecule has 0 N–H and O–H groups in total. The van der Waals surface area contributed by atoms with Crippen LogP contribution in [0.2, 0.25) is 0 Å². The number of hydrogen-bond acceptors (Lipinski definition) is 3. The molecular formula is C17H12BrNO2. The van der Waals surface area contributed by atoms with Crippen molar-refractivity contribution in [2.75, 3.05) is 0 Å². The van der Waals surface area contributed by atoms with Crippen LogP contribution in [0.5, 0.6) is 5.75 Å². The number of nitrogens with zero attached hydrogens (tertiary/aromatic N) is 1. The van der Waals surface area contributed by atoms with Crippen LogP contribution in [-0.2, 0) is 6.61 Å². The molecule has 0 amide bonds. The molecule has 0 aliphatic rings. The smallest absolute Gasteiger partial charge is 0.151 e. The van der Waals surface area contributed by atoms with Crippen LogP contribution in [0.3, 0.4) is 0 Å². The third-order valence-corrected chi connectivity index (χ3v) is 3.86. The molecule has 3 nitrogen and oxygen atoms in total. The molecule has 2 aromatic carbocycles. The number of pyridine rings is 1. The van der Waals surface area contributed by atoms with Crippen molar-refractivity contribution in [2.24, 2.45) is 0 Å². The number of rotatable bonds is 4. The molecule has 3 rings (SSSR count). The zero-order chi connectivity index (χ0) is 14.7. The first kappa shape index (κ1) is 13.8. The molecule has 21 heavy (non-hydrogen) atoms. The second kappa shape index (κ2) is 6.06. The fourth-order valence-electron chi connectivity index (χ4n) is 2.05. The van der Waals surface area contributed by atoms with Crippen LogP contribution in [0, 0.1) is 0 Å². The van der Waals surface area contributed by atoms with Crippen LogP contribution in [0.25, 0.3) is 10.9 Å². The Kier molecular flexibility index (Phi) is 3.97. The van der Waals surface area contributed by atoms with Gasteiger partial charge in [0.05, 0.1) is 11.2 Å². The van der Waals surface area contributed by atoms with Gasteiger partial charge in [-0.05, 0) is 30.3 Å². The number of benzene rings is 2. The maximum atomic E-state index is 10.9. The number of ether oxygens (including phenoxy) is 1. The predicted octanol–water partition coefficient (Wildman–Crippen LogP) is 4.39. The van der Waals surface area contributed by atoms with Gasteiger partial charge in [-0.15, -0.1) is 0 Å². The van der Waals surface area contributed by atoms with E-state index < -0.39 is 0 Å². The van der Waals surface area contributed by atoms with Crippen molar-refractivity contribution in [3.05, 3.63) is 70.3 Å². The lowest BCUT2D eigenvalue weighted by atomic mass is 10.2. The second-order valence-electron chi connectivity index (χ2n) is 4.59. The first-order valence-electron chi connectivity index (χ1n) is 6.48. The van der Waals surface area contributed by atoms with Gasteiger partial charge in [-0.3, -0.25) is 4.79 Å². The molecule has 0 aliphatic heterocycles. The lowest BCUT2D eigenvalue weighted by Crippen LogP contribution is -1.99. The van der Waals surface area contributed by atoms with Crippen molar-refractivity contribution >= 4 is 33.1 Å². The Bertz CT molecular complexity index is 802. The van der Waals surface area contributed by atoms with Gasteiger partial charge >= 0.3 is 0 Å². The van der Waals surface area contributed by atoms with Crippen LogP contribution >= 0.6 is 15.9 Å².